The number of aromatic nitrogens is 2. The van der Waals surface area contributed by atoms with E-state index in [4.69, 9.17) is 4.74 Å². The largest absolute Gasteiger partial charge is 0.376 e. The Kier molecular flexibility index (Phi) is 6.89. The zero-order valence-corrected chi connectivity index (χ0v) is 18.3. The lowest BCUT2D eigenvalue weighted by molar-refractivity contribution is -0.130. The highest BCUT2D eigenvalue weighted by atomic mass is 32.2. The normalized spacial score (nSPS) is 20.7. The molecule has 4 rings (SSSR count). The van der Waals surface area contributed by atoms with Gasteiger partial charge in [0.2, 0.25) is 11.0 Å². The van der Waals surface area contributed by atoms with Gasteiger partial charge in [-0.15, -0.1) is 10.2 Å². The van der Waals surface area contributed by atoms with E-state index >= 15 is 0 Å². The first-order valence-electron chi connectivity index (χ1n) is 10.1. The Balaban J connectivity index is 1.23. The highest BCUT2D eigenvalue weighted by Crippen LogP contribution is 2.30. The number of hydrogen-bond acceptors (Lipinski definition) is 8. The van der Waals surface area contributed by atoms with Gasteiger partial charge in [0.15, 0.2) is 4.34 Å². The fraction of sp³-hybridized carbons (Fsp3) is 0.550. The number of piperazine rings is 1. The number of rotatable bonds is 7. The highest BCUT2D eigenvalue weighted by molar-refractivity contribution is 8.02. The summed E-state index contributed by atoms with van der Waals surface area (Å²) in [6.45, 7) is 6.80. The molecule has 1 amide bonds. The van der Waals surface area contributed by atoms with Gasteiger partial charge in [-0.05, 0) is 31.9 Å². The lowest BCUT2D eigenvalue weighted by Gasteiger charge is -2.37. The molecule has 156 valence electrons. The summed E-state index contributed by atoms with van der Waals surface area (Å²) in [5.41, 5.74) is 1.22. The first kappa shape index (κ1) is 20.4. The zero-order chi connectivity index (χ0) is 20.1. The smallest absolute Gasteiger partial charge is 0.235 e. The number of nitrogens with zero attached hydrogens (tertiary/aromatic N) is 4. The molecular weight excluding hydrogens is 406 g/mol. The topological polar surface area (TPSA) is 70.6 Å². The zero-order valence-electron chi connectivity index (χ0n) is 16.6. The summed E-state index contributed by atoms with van der Waals surface area (Å²) in [6.07, 6.45) is 2.49. The molecule has 1 N–H and O–H groups in total. The molecule has 0 unspecified atom stereocenters. The molecule has 0 bridgehead atoms. The molecule has 2 fully saturated rings. The van der Waals surface area contributed by atoms with Crippen LogP contribution < -0.4 is 10.2 Å². The van der Waals surface area contributed by atoms with E-state index in [-0.39, 0.29) is 17.3 Å². The van der Waals surface area contributed by atoms with Gasteiger partial charge in [-0.25, -0.2) is 0 Å². The van der Waals surface area contributed by atoms with E-state index in [9.17, 15) is 4.79 Å². The van der Waals surface area contributed by atoms with Crippen molar-refractivity contribution in [2.24, 2.45) is 0 Å². The first-order chi connectivity index (χ1) is 14.2. The highest BCUT2D eigenvalue weighted by Gasteiger charge is 2.26. The molecule has 0 spiro atoms. The van der Waals surface area contributed by atoms with Crippen molar-refractivity contribution in [1.82, 2.24) is 15.1 Å². The van der Waals surface area contributed by atoms with Crippen LogP contribution in [0.25, 0.3) is 0 Å². The molecule has 2 atom stereocenters. The molecule has 0 radical (unpaired) electrons. The minimum Gasteiger partial charge on any atom is -0.376 e. The lowest BCUT2D eigenvalue weighted by Crippen LogP contribution is -2.50. The minimum atomic E-state index is -0.169. The Morgan fingerprint density at radius 3 is 2.79 bits per heavy atom. The number of ether oxygens (including phenoxy) is 1. The van der Waals surface area contributed by atoms with Crippen molar-refractivity contribution in [3.8, 4) is 0 Å². The second kappa shape index (κ2) is 9.77. The number of carbonyl (C=O) groups is 1. The molecule has 3 heterocycles. The summed E-state index contributed by atoms with van der Waals surface area (Å²) >= 11 is 2.99. The molecule has 1 aromatic carbocycles. The summed E-state index contributed by atoms with van der Waals surface area (Å²) in [5, 5.41) is 12.3. The molecule has 2 aliphatic heterocycles. The monoisotopic (exact) mass is 433 g/mol. The third-order valence-electron chi connectivity index (χ3n) is 5.25. The average Bonchev–Trinajstić information content (AvgIpc) is 3.44. The van der Waals surface area contributed by atoms with Crippen LogP contribution in [0.3, 0.4) is 0 Å². The van der Waals surface area contributed by atoms with Gasteiger partial charge in [-0.1, -0.05) is 41.3 Å². The van der Waals surface area contributed by atoms with Gasteiger partial charge in [0.05, 0.1) is 11.4 Å². The summed E-state index contributed by atoms with van der Waals surface area (Å²) in [7, 11) is 0. The van der Waals surface area contributed by atoms with Gasteiger partial charge in [-0.3, -0.25) is 4.79 Å². The third kappa shape index (κ3) is 5.40. The molecule has 1 aromatic heterocycles. The van der Waals surface area contributed by atoms with Crippen molar-refractivity contribution in [2.75, 3.05) is 49.5 Å². The first-order valence-corrected chi connectivity index (χ1v) is 11.8. The number of hydrogen-bond donors (Lipinski definition) is 1. The van der Waals surface area contributed by atoms with Crippen molar-refractivity contribution in [3.05, 3.63) is 30.3 Å². The maximum atomic E-state index is 12.9. The van der Waals surface area contributed by atoms with Gasteiger partial charge in [0.1, 0.15) is 0 Å². The van der Waals surface area contributed by atoms with Crippen LogP contribution >= 0.6 is 23.1 Å². The van der Waals surface area contributed by atoms with Crippen LogP contribution in [0, 0.1) is 0 Å². The second-order valence-electron chi connectivity index (χ2n) is 7.30. The van der Waals surface area contributed by atoms with Crippen LogP contribution in [-0.2, 0) is 9.53 Å². The van der Waals surface area contributed by atoms with Crippen LogP contribution in [0.1, 0.15) is 19.8 Å². The molecule has 29 heavy (non-hydrogen) atoms. The van der Waals surface area contributed by atoms with Crippen LogP contribution in [0.4, 0.5) is 10.8 Å². The van der Waals surface area contributed by atoms with Gasteiger partial charge in [-0.2, -0.15) is 0 Å². The maximum absolute atomic E-state index is 12.9. The predicted molar refractivity (Wildman–Crippen MR) is 118 cm³/mol. The Hall–Kier alpha value is -1.84. The lowest BCUT2D eigenvalue weighted by atomic mass is 10.2. The standard InChI is InChI=1S/C20H27N5O2S2/c1-15(28-20-23-22-19(29-20)21-14-17-8-5-13-27-17)18(26)25-11-9-24(10-12-25)16-6-3-2-4-7-16/h2-4,6-7,15,17H,5,8-14H2,1H3,(H,21,22)/t15-,17+/m0/s1. The summed E-state index contributed by atoms with van der Waals surface area (Å²) in [6, 6.07) is 10.4. The Labute approximate surface area is 179 Å². The van der Waals surface area contributed by atoms with Crippen molar-refractivity contribution < 1.29 is 9.53 Å². The predicted octanol–water partition coefficient (Wildman–Crippen LogP) is 2.96. The van der Waals surface area contributed by atoms with Crippen LogP contribution in [0.2, 0.25) is 0 Å². The molecule has 0 saturated carbocycles. The quantitative estimate of drug-likeness (QED) is 0.673. The van der Waals surface area contributed by atoms with Gasteiger partial charge >= 0.3 is 0 Å². The van der Waals surface area contributed by atoms with E-state index in [2.05, 4.69) is 44.7 Å². The molecule has 0 aliphatic carbocycles. The Morgan fingerprint density at radius 2 is 2.07 bits per heavy atom. The summed E-state index contributed by atoms with van der Waals surface area (Å²) < 4.78 is 6.44. The van der Waals surface area contributed by atoms with Gasteiger partial charge in [0.25, 0.3) is 0 Å². The number of para-hydroxylation sites is 1. The molecule has 2 aromatic rings. The van der Waals surface area contributed by atoms with Gasteiger partial charge in [0, 0.05) is 45.0 Å². The van der Waals surface area contributed by atoms with E-state index < -0.39 is 0 Å². The van der Waals surface area contributed by atoms with Crippen LogP contribution in [-0.4, -0.2) is 71.7 Å². The van der Waals surface area contributed by atoms with E-state index in [1.54, 1.807) is 0 Å². The maximum Gasteiger partial charge on any atom is 0.235 e. The number of amides is 1. The van der Waals surface area contributed by atoms with E-state index in [1.165, 1.54) is 28.8 Å². The van der Waals surface area contributed by atoms with E-state index in [0.717, 1.165) is 61.6 Å². The third-order valence-corrected chi connectivity index (χ3v) is 7.30. The average molecular weight is 434 g/mol. The van der Waals surface area contributed by atoms with Crippen LogP contribution in [0.5, 0.6) is 0 Å². The number of anilines is 2. The summed E-state index contributed by atoms with van der Waals surface area (Å²) in [5.74, 6) is 0.173. The second-order valence-corrected chi connectivity index (χ2v) is 9.86. The Morgan fingerprint density at radius 1 is 1.28 bits per heavy atom. The van der Waals surface area contributed by atoms with Crippen molar-refractivity contribution in [3.63, 3.8) is 0 Å². The van der Waals surface area contributed by atoms with E-state index in [1.807, 2.05) is 17.9 Å². The minimum absolute atomic E-state index is 0.169. The fourth-order valence-electron chi connectivity index (χ4n) is 3.62. The van der Waals surface area contributed by atoms with Crippen molar-refractivity contribution in [2.45, 2.75) is 35.5 Å². The molecular formula is C20H27N5O2S2. The number of thioether (sulfide) groups is 1. The number of carbonyl (C=O) groups excluding carboxylic acids is 1. The summed E-state index contributed by atoms with van der Waals surface area (Å²) in [4.78, 5) is 17.2. The fourth-order valence-corrected chi connectivity index (χ4v) is 5.60. The van der Waals surface area contributed by atoms with Crippen molar-refractivity contribution in [1.29, 1.82) is 0 Å². The van der Waals surface area contributed by atoms with Crippen molar-refractivity contribution >= 4 is 39.8 Å². The number of nitrogens with one attached hydrogen (secondary N) is 1. The molecule has 2 saturated heterocycles. The number of benzene rings is 1. The SMILES string of the molecule is C[C@H](Sc1nnc(NC[C@H]2CCCO2)s1)C(=O)N1CCN(c2ccccc2)CC1. The molecule has 9 heteroatoms. The van der Waals surface area contributed by atoms with Crippen LogP contribution in [0.15, 0.2) is 34.7 Å². The Bertz CT molecular complexity index is 789. The molecule has 7 nitrogen and oxygen atoms in total. The molecule has 2 aliphatic rings. The van der Waals surface area contributed by atoms with E-state index in [0.29, 0.717) is 0 Å². The van der Waals surface area contributed by atoms with Gasteiger partial charge < -0.3 is 19.9 Å².